The minimum Gasteiger partial charge on any atom is -0.507 e. The fraction of sp³-hybridized carbons (Fsp3) is 0.0800. The van der Waals surface area contributed by atoms with Gasteiger partial charge >= 0.3 is 5.91 Å². The summed E-state index contributed by atoms with van der Waals surface area (Å²) < 4.78 is 15.8. The molecule has 5 rings (SSSR count). The molecule has 3 aromatic carbocycles. The molecule has 0 saturated carbocycles. The number of amides is 1. The van der Waals surface area contributed by atoms with Gasteiger partial charge in [-0.1, -0.05) is 47.2 Å². The lowest BCUT2D eigenvalue weighted by atomic mass is 9.95. The van der Waals surface area contributed by atoms with Crippen LogP contribution in [0.5, 0.6) is 0 Å². The molecule has 164 valence electrons. The second-order valence-corrected chi connectivity index (χ2v) is 9.11. The SMILES string of the molecule is Cc1ccc2nc(N3C(=O)C(=O)C(=C(O)c4ccc(Cl)cc4)C3c3ccccc3F)sc2c1. The zero-order valence-corrected chi connectivity index (χ0v) is 18.8. The van der Waals surface area contributed by atoms with E-state index in [1.165, 1.54) is 46.6 Å². The Morgan fingerprint density at radius 3 is 2.55 bits per heavy atom. The molecule has 0 bridgehead atoms. The van der Waals surface area contributed by atoms with Gasteiger partial charge in [0, 0.05) is 16.1 Å². The summed E-state index contributed by atoms with van der Waals surface area (Å²) >= 11 is 7.17. The van der Waals surface area contributed by atoms with E-state index >= 15 is 0 Å². The molecule has 33 heavy (non-hydrogen) atoms. The van der Waals surface area contributed by atoms with E-state index in [-0.39, 0.29) is 16.3 Å². The normalized spacial score (nSPS) is 17.8. The first-order valence-corrected chi connectivity index (χ1v) is 11.2. The van der Waals surface area contributed by atoms with E-state index in [0.717, 1.165) is 10.3 Å². The molecule has 0 spiro atoms. The molecular formula is C25H16ClFN2O3S. The second-order valence-electron chi connectivity index (χ2n) is 7.67. The maximum absolute atomic E-state index is 14.9. The predicted octanol–water partition coefficient (Wildman–Crippen LogP) is 6.02. The van der Waals surface area contributed by atoms with Crippen molar-refractivity contribution in [1.29, 1.82) is 0 Å². The third-order valence-electron chi connectivity index (χ3n) is 5.50. The summed E-state index contributed by atoms with van der Waals surface area (Å²) in [7, 11) is 0. The number of aliphatic hydroxyl groups is 1. The maximum atomic E-state index is 14.9. The Balaban J connectivity index is 1.75. The number of benzene rings is 3. The minimum atomic E-state index is -1.18. The minimum absolute atomic E-state index is 0.0858. The van der Waals surface area contributed by atoms with E-state index in [2.05, 4.69) is 4.98 Å². The number of aliphatic hydroxyl groups excluding tert-OH is 1. The number of carbonyl (C=O) groups is 2. The quantitative estimate of drug-likeness (QED) is 0.222. The van der Waals surface area contributed by atoms with Crippen LogP contribution in [0.25, 0.3) is 16.0 Å². The third-order valence-corrected chi connectivity index (χ3v) is 6.77. The molecule has 0 aliphatic carbocycles. The van der Waals surface area contributed by atoms with Gasteiger partial charge in [0.25, 0.3) is 5.78 Å². The molecule has 2 heterocycles. The van der Waals surface area contributed by atoms with Crippen LogP contribution in [0.4, 0.5) is 9.52 Å². The number of rotatable bonds is 3. The predicted molar refractivity (Wildman–Crippen MR) is 127 cm³/mol. The van der Waals surface area contributed by atoms with E-state index in [1.54, 1.807) is 18.2 Å². The molecule has 5 nitrogen and oxygen atoms in total. The van der Waals surface area contributed by atoms with Crippen molar-refractivity contribution in [2.24, 2.45) is 0 Å². The molecule has 0 radical (unpaired) electrons. The van der Waals surface area contributed by atoms with Crippen LogP contribution in [0.1, 0.15) is 22.7 Å². The molecule has 1 amide bonds. The lowest BCUT2D eigenvalue weighted by Crippen LogP contribution is -2.29. The summed E-state index contributed by atoms with van der Waals surface area (Å²) in [5.41, 5.74) is 1.85. The van der Waals surface area contributed by atoms with Gasteiger partial charge in [-0.3, -0.25) is 14.5 Å². The zero-order valence-electron chi connectivity index (χ0n) is 17.3. The van der Waals surface area contributed by atoms with Gasteiger partial charge in [-0.15, -0.1) is 0 Å². The molecule has 8 heteroatoms. The number of halogens is 2. The summed E-state index contributed by atoms with van der Waals surface area (Å²) in [6.45, 7) is 1.94. The number of carbonyl (C=O) groups excluding carboxylic acids is 2. The van der Waals surface area contributed by atoms with Crippen LogP contribution in [-0.4, -0.2) is 21.8 Å². The monoisotopic (exact) mass is 478 g/mol. The Hall–Kier alpha value is -3.55. The Morgan fingerprint density at radius 2 is 1.82 bits per heavy atom. The van der Waals surface area contributed by atoms with Gasteiger partial charge in [0.1, 0.15) is 17.6 Å². The summed E-state index contributed by atoms with van der Waals surface area (Å²) in [5.74, 6) is -2.80. The standard InChI is InChI=1S/C25H16ClFN2O3S/c1-13-6-11-18-19(12-13)33-25(28-18)29-21(16-4-2-3-5-17(16)27)20(23(31)24(29)32)22(30)14-7-9-15(26)10-8-14/h2-12,21,30H,1H3. The van der Waals surface area contributed by atoms with Crippen LogP contribution < -0.4 is 4.90 Å². The zero-order chi connectivity index (χ0) is 23.3. The smallest absolute Gasteiger partial charge is 0.301 e. The van der Waals surface area contributed by atoms with Crippen LogP contribution in [0.3, 0.4) is 0 Å². The lowest BCUT2D eigenvalue weighted by Gasteiger charge is -2.23. The highest BCUT2D eigenvalue weighted by Gasteiger charge is 2.49. The molecule has 1 saturated heterocycles. The highest BCUT2D eigenvalue weighted by Crippen LogP contribution is 2.45. The molecule has 1 aromatic heterocycles. The van der Waals surface area contributed by atoms with Crippen molar-refractivity contribution in [3.05, 3.63) is 99.8 Å². The van der Waals surface area contributed by atoms with Crippen molar-refractivity contribution >= 4 is 55.7 Å². The second kappa shape index (κ2) is 8.10. The molecule has 1 fully saturated rings. The van der Waals surface area contributed by atoms with Crippen LogP contribution in [0, 0.1) is 12.7 Å². The number of thiazole rings is 1. The molecule has 1 aliphatic rings. The third kappa shape index (κ3) is 3.59. The first kappa shape index (κ1) is 21.3. The van der Waals surface area contributed by atoms with Gasteiger partial charge in [-0.05, 0) is 55.0 Å². The summed E-state index contributed by atoms with van der Waals surface area (Å²) in [4.78, 5) is 32.1. The van der Waals surface area contributed by atoms with Gasteiger partial charge in [0.05, 0.1) is 15.8 Å². The Morgan fingerprint density at radius 1 is 1.09 bits per heavy atom. The molecule has 1 aliphatic heterocycles. The number of ketones is 1. The van der Waals surface area contributed by atoms with E-state index in [4.69, 9.17) is 11.6 Å². The largest absolute Gasteiger partial charge is 0.507 e. The summed E-state index contributed by atoms with van der Waals surface area (Å²) in [5, 5.41) is 11.8. The highest BCUT2D eigenvalue weighted by molar-refractivity contribution is 7.22. The van der Waals surface area contributed by atoms with Crippen LogP contribution in [0.2, 0.25) is 5.02 Å². The topological polar surface area (TPSA) is 70.5 Å². The van der Waals surface area contributed by atoms with Crippen molar-refractivity contribution < 1.29 is 19.1 Å². The van der Waals surface area contributed by atoms with Crippen molar-refractivity contribution in [2.45, 2.75) is 13.0 Å². The number of nitrogens with zero attached hydrogens (tertiary/aromatic N) is 2. The fourth-order valence-electron chi connectivity index (χ4n) is 3.91. The highest BCUT2D eigenvalue weighted by atomic mass is 35.5. The average molecular weight is 479 g/mol. The van der Waals surface area contributed by atoms with Crippen molar-refractivity contribution in [1.82, 2.24) is 4.98 Å². The van der Waals surface area contributed by atoms with E-state index in [1.807, 2.05) is 25.1 Å². The number of fused-ring (bicyclic) bond motifs is 1. The first-order chi connectivity index (χ1) is 15.8. The molecule has 1 N–H and O–H groups in total. The lowest BCUT2D eigenvalue weighted by molar-refractivity contribution is -0.132. The fourth-order valence-corrected chi connectivity index (χ4v) is 5.12. The Kier molecular flexibility index (Phi) is 5.23. The van der Waals surface area contributed by atoms with Crippen molar-refractivity contribution in [3.63, 3.8) is 0 Å². The van der Waals surface area contributed by atoms with Gasteiger partial charge in [-0.25, -0.2) is 9.37 Å². The summed E-state index contributed by atoms with van der Waals surface area (Å²) in [6, 6.07) is 16.5. The number of hydrogen-bond acceptors (Lipinski definition) is 5. The van der Waals surface area contributed by atoms with Crippen LogP contribution in [-0.2, 0) is 9.59 Å². The molecular weight excluding hydrogens is 463 g/mol. The van der Waals surface area contributed by atoms with Gasteiger partial charge in [-0.2, -0.15) is 0 Å². The average Bonchev–Trinajstić information content (AvgIpc) is 3.32. The number of hydrogen-bond donors (Lipinski definition) is 1. The molecule has 1 atom stereocenters. The molecule has 4 aromatic rings. The van der Waals surface area contributed by atoms with E-state index in [0.29, 0.717) is 16.1 Å². The summed E-state index contributed by atoms with van der Waals surface area (Å²) in [6.07, 6.45) is 0. The van der Waals surface area contributed by atoms with E-state index in [9.17, 15) is 19.1 Å². The van der Waals surface area contributed by atoms with Crippen molar-refractivity contribution in [2.75, 3.05) is 4.90 Å². The Bertz CT molecular complexity index is 1460. The van der Waals surface area contributed by atoms with Gasteiger partial charge < -0.3 is 5.11 Å². The first-order valence-electron chi connectivity index (χ1n) is 10.0. The number of Topliss-reactive ketones (excluding diaryl/α,β-unsaturated/α-hetero) is 1. The van der Waals surface area contributed by atoms with Crippen LogP contribution in [0.15, 0.2) is 72.3 Å². The van der Waals surface area contributed by atoms with Gasteiger partial charge in [0.15, 0.2) is 5.13 Å². The number of anilines is 1. The number of aromatic nitrogens is 1. The van der Waals surface area contributed by atoms with E-state index < -0.39 is 29.3 Å². The Labute approximate surface area is 197 Å². The maximum Gasteiger partial charge on any atom is 0.301 e. The van der Waals surface area contributed by atoms with Gasteiger partial charge in [0.2, 0.25) is 0 Å². The van der Waals surface area contributed by atoms with Crippen molar-refractivity contribution in [3.8, 4) is 0 Å². The molecule has 1 unspecified atom stereocenters. The van der Waals surface area contributed by atoms with Crippen LogP contribution >= 0.6 is 22.9 Å². The number of aryl methyl sites for hydroxylation is 1.